The average molecular weight is 311 g/mol. The minimum atomic E-state index is 0.217. The van der Waals surface area contributed by atoms with Crippen LogP contribution in [0.15, 0.2) is 18.5 Å². The lowest BCUT2D eigenvalue weighted by atomic mass is 10.0. The maximum atomic E-state index is 6.19. The van der Waals surface area contributed by atoms with E-state index in [1.165, 1.54) is 57.8 Å². The first-order chi connectivity index (χ1) is 10.2. The van der Waals surface area contributed by atoms with Crippen LogP contribution in [0.5, 0.6) is 0 Å². The molecule has 3 heteroatoms. The molecule has 0 bridgehead atoms. The summed E-state index contributed by atoms with van der Waals surface area (Å²) in [6.07, 6.45) is 17.7. The van der Waals surface area contributed by atoms with Crippen molar-refractivity contribution in [1.29, 1.82) is 0 Å². The molecular formula is C18H31ClN2. The van der Waals surface area contributed by atoms with Gasteiger partial charge in [0.2, 0.25) is 0 Å². The monoisotopic (exact) mass is 310 g/mol. The third kappa shape index (κ3) is 9.10. The molecule has 0 amide bonds. The van der Waals surface area contributed by atoms with Gasteiger partial charge in [-0.3, -0.25) is 4.98 Å². The molecule has 120 valence electrons. The Kier molecular flexibility index (Phi) is 10.5. The second kappa shape index (κ2) is 12.0. The summed E-state index contributed by atoms with van der Waals surface area (Å²) in [4.78, 5) is 4.00. The van der Waals surface area contributed by atoms with Crippen LogP contribution < -0.4 is 5.73 Å². The van der Waals surface area contributed by atoms with Gasteiger partial charge in [0.1, 0.15) is 0 Å². The molecule has 2 nitrogen and oxygen atoms in total. The number of hydrogen-bond acceptors (Lipinski definition) is 2. The lowest BCUT2D eigenvalue weighted by Gasteiger charge is -2.12. The third-order valence-corrected chi connectivity index (χ3v) is 4.36. The van der Waals surface area contributed by atoms with E-state index in [-0.39, 0.29) is 6.04 Å². The highest BCUT2D eigenvalue weighted by Crippen LogP contribution is 2.17. The van der Waals surface area contributed by atoms with Crippen molar-refractivity contribution in [3.8, 4) is 0 Å². The molecule has 1 atom stereocenters. The third-order valence-electron chi connectivity index (χ3n) is 4.02. The van der Waals surface area contributed by atoms with Crippen molar-refractivity contribution in [2.45, 2.75) is 83.6 Å². The van der Waals surface area contributed by atoms with Gasteiger partial charge < -0.3 is 5.73 Å². The molecule has 0 aliphatic carbocycles. The minimum absolute atomic E-state index is 0.217. The first kappa shape index (κ1) is 18.4. The fourth-order valence-corrected chi connectivity index (χ4v) is 2.87. The molecule has 0 spiro atoms. The zero-order valence-electron chi connectivity index (χ0n) is 13.5. The molecule has 0 aliphatic rings. The van der Waals surface area contributed by atoms with Crippen LogP contribution in [0.25, 0.3) is 0 Å². The second-order valence-corrected chi connectivity index (χ2v) is 6.46. The SMILES string of the molecule is CCCCCCCCCCCC(N)Cc1ccncc1Cl. The van der Waals surface area contributed by atoms with Crippen molar-refractivity contribution in [2.24, 2.45) is 5.73 Å². The van der Waals surface area contributed by atoms with Gasteiger partial charge in [-0.25, -0.2) is 0 Å². The fraction of sp³-hybridized carbons (Fsp3) is 0.722. The Labute approximate surface area is 135 Å². The molecule has 1 heterocycles. The van der Waals surface area contributed by atoms with Crippen molar-refractivity contribution in [1.82, 2.24) is 4.98 Å². The van der Waals surface area contributed by atoms with Crippen molar-refractivity contribution in [2.75, 3.05) is 0 Å². The number of halogens is 1. The van der Waals surface area contributed by atoms with Crippen LogP contribution in [0.1, 0.15) is 76.7 Å². The van der Waals surface area contributed by atoms with Crippen LogP contribution in [0.2, 0.25) is 5.02 Å². The van der Waals surface area contributed by atoms with E-state index in [0.717, 1.165) is 23.4 Å². The summed E-state index contributed by atoms with van der Waals surface area (Å²) in [6, 6.07) is 2.19. The first-order valence-corrected chi connectivity index (χ1v) is 8.95. The van der Waals surface area contributed by atoms with Gasteiger partial charge in [0.05, 0.1) is 5.02 Å². The van der Waals surface area contributed by atoms with Gasteiger partial charge in [-0.05, 0) is 24.5 Å². The van der Waals surface area contributed by atoms with E-state index < -0.39 is 0 Å². The topological polar surface area (TPSA) is 38.9 Å². The Morgan fingerprint density at radius 3 is 2.29 bits per heavy atom. The molecule has 0 fully saturated rings. The summed E-state index contributed by atoms with van der Waals surface area (Å²) in [7, 11) is 0. The molecule has 0 aliphatic heterocycles. The van der Waals surface area contributed by atoms with Gasteiger partial charge in [0.15, 0.2) is 0 Å². The van der Waals surface area contributed by atoms with Crippen LogP contribution in [-0.4, -0.2) is 11.0 Å². The highest BCUT2D eigenvalue weighted by molar-refractivity contribution is 6.31. The van der Waals surface area contributed by atoms with Crippen molar-refractivity contribution < 1.29 is 0 Å². The highest BCUT2D eigenvalue weighted by atomic mass is 35.5. The summed E-state index contributed by atoms with van der Waals surface area (Å²) >= 11 is 6.10. The van der Waals surface area contributed by atoms with Crippen LogP contribution in [-0.2, 0) is 6.42 Å². The standard InChI is InChI=1S/C18H31ClN2/c1-2-3-4-5-6-7-8-9-10-11-17(20)14-16-12-13-21-15-18(16)19/h12-13,15,17H,2-11,14,20H2,1H3. The molecule has 21 heavy (non-hydrogen) atoms. The molecule has 0 radical (unpaired) electrons. The number of rotatable bonds is 12. The quantitative estimate of drug-likeness (QED) is 0.516. The Bertz CT molecular complexity index is 368. The zero-order chi connectivity index (χ0) is 15.3. The lowest BCUT2D eigenvalue weighted by Crippen LogP contribution is -2.22. The van der Waals surface area contributed by atoms with E-state index in [9.17, 15) is 0 Å². The predicted molar refractivity (Wildman–Crippen MR) is 92.8 cm³/mol. The highest BCUT2D eigenvalue weighted by Gasteiger charge is 2.07. The van der Waals surface area contributed by atoms with Gasteiger partial charge in [-0.1, -0.05) is 76.3 Å². The van der Waals surface area contributed by atoms with Crippen molar-refractivity contribution >= 4 is 11.6 Å². The number of unbranched alkanes of at least 4 members (excludes halogenated alkanes) is 8. The Morgan fingerprint density at radius 2 is 1.67 bits per heavy atom. The normalized spacial score (nSPS) is 12.5. The maximum absolute atomic E-state index is 6.19. The molecule has 0 saturated carbocycles. The Hall–Kier alpha value is -0.600. The largest absolute Gasteiger partial charge is 0.327 e. The lowest BCUT2D eigenvalue weighted by molar-refractivity contribution is 0.522. The van der Waals surface area contributed by atoms with Crippen LogP contribution >= 0.6 is 11.6 Å². The number of aromatic nitrogens is 1. The number of nitrogens with two attached hydrogens (primary N) is 1. The van der Waals surface area contributed by atoms with Crippen LogP contribution in [0.3, 0.4) is 0 Å². The fourth-order valence-electron chi connectivity index (χ4n) is 2.67. The summed E-state index contributed by atoms with van der Waals surface area (Å²) in [6.45, 7) is 2.27. The number of nitrogens with zero attached hydrogens (tertiary/aromatic N) is 1. The van der Waals surface area contributed by atoms with Gasteiger partial charge in [-0.15, -0.1) is 0 Å². The van der Waals surface area contributed by atoms with Crippen molar-refractivity contribution in [3.63, 3.8) is 0 Å². The van der Waals surface area contributed by atoms with E-state index in [0.29, 0.717) is 0 Å². The van der Waals surface area contributed by atoms with E-state index in [1.807, 2.05) is 6.07 Å². The van der Waals surface area contributed by atoms with Gasteiger partial charge >= 0.3 is 0 Å². The minimum Gasteiger partial charge on any atom is -0.327 e. The Balaban J connectivity index is 1.99. The molecule has 2 N–H and O–H groups in total. The van der Waals surface area contributed by atoms with E-state index >= 15 is 0 Å². The van der Waals surface area contributed by atoms with Crippen molar-refractivity contribution in [3.05, 3.63) is 29.0 Å². The predicted octanol–water partition coefficient (Wildman–Crippen LogP) is 5.53. The van der Waals surface area contributed by atoms with Gasteiger partial charge in [0.25, 0.3) is 0 Å². The van der Waals surface area contributed by atoms with E-state index in [1.54, 1.807) is 12.4 Å². The van der Waals surface area contributed by atoms with Crippen LogP contribution in [0, 0.1) is 0 Å². The molecule has 1 rings (SSSR count). The summed E-state index contributed by atoms with van der Waals surface area (Å²) in [5, 5.41) is 0.736. The second-order valence-electron chi connectivity index (χ2n) is 6.05. The number of pyridine rings is 1. The Morgan fingerprint density at radius 1 is 1.05 bits per heavy atom. The average Bonchev–Trinajstić information content (AvgIpc) is 2.48. The molecular weight excluding hydrogens is 280 g/mol. The van der Waals surface area contributed by atoms with E-state index in [4.69, 9.17) is 17.3 Å². The zero-order valence-corrected chi connectivity index (χ0v) is 14.2. The molecule has 1 unspecified atom stereocenters. The van der Waals surface area contributed by atoms with E-state index in [2.05, 4.69) is 11.9 Å². The summed E-state index contributed by atoms with van der Waals surface area (Å²) in [5.74, 6) is 0. The smallest absolute Gasteiger partial charge is 0.0621 e. The molecule has 1 aromatic heterocycles. The maximum Gasteiger partial charge on any atom is 0.0621 e. The first-order valence-electron chi connectivity index (χ1n) is 8.58. The van der Waals surface area contributed by atoms with Gasteiger partial charge in [0, 0.05) is 18.4 Å². The van der Waals surface area contributed by atoms with Gasteiger partial charge in [-0.2, -0.15) is 0 Å². The summed E-state index contributed by atoms with van der Waals surface area (Å²) < 4.78 is 0. The summed E-state index contributed by atoms with van der Waals surface area (Å²) in [5.41, 5.74) is 7.31. The number of hydrogen-bond donors (Lipinski definition) is 1. The van der Waals surface area contributed by atoms with Crippen LogP contribution in [0.4, 0.5) is 0 Å². The molecule has 1 aromatic rings. The molecule has 0 aromatic carbocycles. The molecule has 0 saturated heterocycles.